The molecule has 15 heteroatoms. The van der Waals surface area contributed by atoms with Crippen molar-refractivity contribution in [1.82, 2.24) is 35.9 Å². The number of hydrogen-bond acceptors (Lipinski definition) is 9. The maximum absolute atomic E-state index is 13.2. The van der Waals surface area contributed by atoms with E-state index in [4.69, 9.17) is 5.73 Å². The van der Waals surface area contributed by atoms with Gasteiger partial charge in [-0.3, -0.25) is 14.4 Å². The van der Waals surface area contributed by atoms with E-state index >= 15 is 0 Å². The number of phenolic OH excluding ortho intramolecular Hbond substituents is 1. The van der Waals surface area contributed by atoms with Crippen molar-refractivity contribution in [2.24, 2.45) is 5.73 Å². The molecule has 0 aliphatic heterocycles. The fourth-order valence-electron chi connectivity index (χ4n) is 3.64. The first kappa shape index (κ1) is 29.2. The predicted molar refractivity (Wildman–Crippen MR) is 142 cm³/mol. The molecular weight excluding hydrogens is 528 g/mol. The van der Waals surface area contributed by atoms with Gasteiger partial charge in [0.15, 0.2) is 0 Å². The summed E-state index contributed by atoms with van der Waals surface area (Å²) in [5.41, 5.74) is 7.66. The van der Waals surface area contributed by atoms with Crippen LogP contribution in [0.3, 0.4) is 0 Å². The molecule has 4 atom stereocenters. The minimum atomic E-state index is -1.32. The van der Waals surface area contributed by atoms with Crippen LogP contribution in [0.1, 0.15) is 17.0 Å². The number of hydrogen-bond donors (Lipinski definition) is 9. The Hall–Kier alpha value is -4.37. The lowest BCUT2D eigenvalue weighted by Crippen LogP contribution is -2.58. The van der Waals surface area contributed by atoms with Crippen LogP contribution in [0.15, 0.2) is 49.3 Å². The lowest BCUT2D eigenvalue weighted by molar-refractivity contribution is -0.142. The molecule has 9 N–H and O–H groups in total. The largest absolute Gasteiger partial charge is 0.508 e. The Morgan fingerprint density at radius 3 is 1.90 bits per heavy atom. The number of benzene rings is 1. The number of rotatable bonds is 14. The van der Waals surface area contributed by atoms with E-state index in [1.165, 1.54) is 49.3 Å². The number of nitrogens with two attached hydrogens (primary N) is 1. The second kappa shape index (κ2) is 14.0. The van der Waals surface area contributed by atoms with Gasteiger partial charge in [-0.25, -0.2) is 14.8 Å². The number of carboxylic acid groups (broad SMARTS) is 1. The van der Waals surface area contributed by atoms with Gasteiger partial charge in [0, 0.05) is 48.8 Å². The fraction of sp³-hybridized carbons (Fsp3) is 0.333. The summed E-state index contributed by atoms with van der Waals surface area (Å²) in [4.78, 5) is 64.1. The second-order valence-electron chi connectivity index (χ2n) is 8.74. The van der Waals surface area contributed by atoms with E-state index in [0.29, 0.717) is 17.0 Å². The van der Waals surface area contributed by atoms with Crippen molar-refractivity contribution in [3.63, 3.8) is 0 Å². The van der Waals surface area contributed by atoms with Crippen molar-refractivity contribution in [3.8, 4) is 5.75 Å². The lowest BCUT2D eigenvalue weighted by Gasteiger charge is -2.24. The van der Waals surface area contributed by atoms with Gasteiger partial charge in [0.25, 0.3) is 0 Å². The predicted octanol–water partition coefficient (Wildman–Crippen LogP) is -1.34. The molecular formula is C24H30N8O6S. The van der Waals surface area contributed by atoms with Crippen LogP contribution in [0.25, 0.3) is 0 Å². The van der Waals surface area contributed by atoms with Gasteiger partial charge in [-0.1, -0.05) is 12.1 Å². The number of aromatic nitrogens is 4. The Morgan fingerprint density at radius 2 is 1.36 bits per heavy atom. The minimum Gasteiger partial charge on any atom is -0.508 e. The summed E-state index contributed by atoms with van der Waals surface area (Å²) in [5.74, 6) is -3.43. The first-order valence-corrected chi connectivity index (χ1v) is 12.5. The van der Waals surface area contributed by atoms with Crippen LogP contribution in [0.4, 0.5) is 0 Å². The number of nitrogens with one attached hydrogen (secondary N) is 5. The third-order valence-corrected chi connectivity index (χ3v) is 6.11. The molecule has 208 valence electrons. The second-order valence-corrected chi connectivity index (χ2v) is 9.11. The number of aromatic amines is 2. The van der Waals surface area contributed by atoms with Crippen LogP contribution in [0, 0.1) is 0 Å². The first-order valence-electron chi connectivity index (χ1n) is 11.9. The van der Waals surface area contributed by atoms with E-state index in [2.05, 4.69) is 48.5 Å². The van der Waals surface area contributed by atoms with Crippen LogP contribution < -0.4 is 21.7 Å². The summed E-state index contributed by atoms with van der Waals surface area (Å²) < 4.78 is 0. The number of carbonyl (C=O) groups excluding carboxylic acids is 3. The van der Waals surface area contributed by atoms with Crippen molar-refractivity contribution in [2.45, 2.75) is 43.4 Å². The number of amides is 3. The highest BCUT2D eigenvalue weighted by Gasteiger charge is 2.30. The van der Waals surface area contributed by atoms with Gasteiger partial charge in [0.2, 0.25) is 17.7 Å². The zero-order chi connectivity index (χ0) is 28.4. The molecule has 4 unspecified atom stereocenters. The molecule has 0 aliphatic rings. The summed E-state index contributed by atoms with van der Waals surface area (Å²) in [5, 5.41) is 26.7. The number of imidazole rings is 2. The molecule has 14 nitrogen and oxygen atoms in total. The SMILES string of the molecule is NC(Cc1cnc[nH]1)C(=O)NC(CS)C(=O)NC(Cc1cnc[nH]1)C(=O)NC(Cc1ccc(O)cc1)C(=O)O. The molecule has 0 bridgehead atoms. The number of aromatic hydroxyl groups is 1. The quantitative estimate of drug-likeness (QED) is 0.107. The van der Waals surface area contributed by atoms with Gasteiger partial charge in [-0.05, 0) is 17.7 Å². The molecule has 39 heavy (non-hydrogen) atoms. The number of phenols is 1. The maximum Gasteiger partial charge on any atom is 0.326 e. The molecule has 2 heterocycles. The maximum atomic E-state index is 13.2. The van der Waals surface area contributed by atoms with E-state index in [-0.39, 0.29) is 30.8 Å². The number of H-pyrrole nitrogens is 2. The molecule has 1 aromatic carbocycles. The average molecular weight is 559 g/mol. The Morgan fingerprint density at radius 1 is 0.821 bits per heavy atom. The van der Waals surface area contributed by atoms with Crippen molar-refractivity contribution in [1.29, 1.82) is 0 Å². The van der Waals surface area contributed by atoms with E-state index < -0.39 is 47.9 Å². The third-order valence-electron chi connectivity index (χ3n) is 5.75. The highest BCUT2D eigenvalue weighted by Crippen LogP contribution is 2.12. The van der Waals surface area contributed by atoms with Crippen LogP contribution in [-0.2, 0) is 38.4 Å². The summed E-state index contributed by atoms with van der Waals surface area (Å²) in [6.45, 7) is 0. The minimum absolute atomic E-state index is 0.0186. The molecule has 3 aromatic rings. The molecule has 0 saturated carbocycles. The summed E-state index contributed by atoms with van der Waals surface area (Å²) in [6.07, 6.45) is 5.91. The normalized spacial score (nSPS) is 14.0. The molecule has 3 rings (SSSR count). The van der Waals surface area contributed by atoms with Crippen molar-refractivity contribution < 1.29 is 29.4 Å². The number of aliphatic carboxylic acids is 1. The summed E-state index contributed by atoms with van der Waals surface area (Å²) in [7, 11) is 0. The Kier molecular flexibility index (Phi) is 10.5. The molecule has 3 amide bonds. The fourth-order valence-corrected chi connectivity index (χ4v) is 3.89. The zero-order valence-corrected chi connectivity index (χ0v) is 21.6. The van der Waals surface area contributed by atoms with Gasteiger partial charge in [0.05, 0.1) is 18.7 Å². The van der Waals surface area contributed by atoms with Gasteiger partial charge in [-0.2, -0.15) is 12.6 Å². The van der Waals surface area contributed by atoms with Crippen molar-refractivity contribution >= 4 is 36.3 Å². The molecule has 0 aliphatic carbocycles. The third kappa shape index (κ3) is 8.86. The van der Waals surface area contributed by atoms with E-state index in [0.717, 1.165) is 0 Å². The van der Waals surface area contributed by atoms with Crippen LogP contribution in [-0.4, -0.2) is 83.8 Å². The van der Waals surface area contributed by atoms with Gasteiger partial charge >= 0.3 is 5.97 Å². The Bertz CT molecular complexity index is 1240. The number of carboxylic acids is 1. The van der Waals surface area contributed by atoms with Crippen LogP contribution >= 0.6 is 12.6 Å². The van der Waals surface area contributed by atoms with Gasteiger partial charge in [0.1, 0.15) is 23.9 Å². The molecule has 2 aromatic heterocycles. The van der Waals surface area contributed by atoms with Crippen LogP contribution in [0.5, 0.6) is 5.75 Å². The lowest BCUT2D eigenvalue weighted by atomic mass is 10.0. The average Bonchev–Trinajstić information content (AvgIpc) is 3.62. The van der Waals surface area contributed by atoms with Crippen molar-refractivity contribution in [3.05, 3.63) is 66.3 Å². The molecule has 0 spiro atoms. The monoisotopic (exact) mass is 558 g/mol. The Balaban J connectivity index is 1.68. The highest BCUT2D eigenvalue weighted by molar-refractivity contribution is 7.80. The van der Waals surface area contributed by atoms with Gasteiger partial charge < -0.3 is 41.9 Å². The van der Waals surface area contributed by atoms with Crippen molar-refractivity contribution in [2.75, 3.05) is 5.75 Å². The van der Waals surface area contributed by atoms with Gasteiger partial charge in [-0.15, -0.1) is 0 Å². The number of carbonyl (C=O) groups is 4. The summed E-state index contributed by atoms with van der Waals surface area (Å²) in [6, 6.07) is 1.27. The van der Waals surface area contributed by atoms with Crippen LogP contribution in [0.2, 0.25) is 0 Å². The standard InChI is InChI=1S/C24H30N8O6S/c25-17(6-14-8-26-11-28-14)21(34)32-20(10-39)23(36)30-18(7-15-9-27-12-29-15)22(35)31-19(24(37)38)5-13-1-3-16(33)4-2-13/h1-4,8-9,11-12,17-20,33,39H,5-7,10,25H2,(H,26,28)(H,27,29)(H,30,36)(H,31,35)(H,32,34)(H,37,38). The topological polar surface area (TPSA) is 228 Å². The smallest absolute Gasteiger partial charge is 0.326 e. The summed E-state index contributed by atoms with van der Waals surface area (Å²) >= 11 is 4.15. The van der Waals surface area contributed by atoms with E-state index in [1.807, 2.05) is 0 Å². The molecule has 0 fully saturated rings. The zero-order valence-electron chi connectivity index (χ0n) is 20.7. The molecule has 0 saturated heterocycles. The Labute approximate surface area is 228 Å². The number of nitrogens with zero attached hydrogens (tertiary/aromatic N) is 2. The number of thiol groups is 1. The highest BCUT2D eigenvalue weighted by atomic mass is 32.1. The van der Waals surface area contributed by atoms with E-state index in [1.54, 1.807) is 0 Å². The van der Waals surface area contributed by atoms with E-state index in [9.17, 15) is 29.4 Å². The molecule has 0 radical (unpaired) electrons. The first-order chi connectivity index (χ1) is 18.7.